The van der Waals surface area contributed by atoms with E-state index in [1.165, 1.54) is 11.3 Å². The van der Waals surface area contributed by atoms with Gasteiger partial charge in [-0.2, -0.15) is 13.2 Å². The largest absolute Gasteiger partial charge is 0.401 e. The average molecular weight is 251 g/mol. The molecule has 0 bridgehead atoms. The molecule has 17 heavy (non-hydrogen) atoms. The number of aliphatic hydroxyl groups excluding tert-OH is 1. The van der Waals surface area contributed by atoms with Crippen LogP contribution < -0.4 is 0 Å². The van der Waals surface area contributed by atoms with Crippen LogP contribution in [0.5, 0.6) is 0 Å². The van der Waals surface area contributed by atoms with Gasteiger partial charge in [0.15, 0.2) is 0 Å². The monoisotopic (exact) mass is 251 g/mol. The quantitative estimate of drug-likeness (QED) is 0.828. The molecule has 5 heteroatoms. The number of piperidine rings is 1. The van der Waals surface area contributed by atoms with Crippen LogP contribution in [0.25, 0.3) is 0 Å². The minimum atomic E-state index is -4.06. The third-order valence-corrected chi connectivity index (χ3v) is 4.12. The van der Waals surface area contributed by atoms with Gasteiger partial charge in [0, 0.05) is 6.61 Å². The molecule has 0 aromatic rings. The van der Waals surface area contributed by atoms with E-state index in [4.69, 9.17) is 5.11 Å². The second kappa shape index (κ2) is 5.14. The van der Waals surface area contributed by atoms with Gasteiger partial charge in [0.2, 0.25) is 0 Å². The maximum Gasteiger partial charge on any atom is 0.401 e. The van der Waals surface area contributed by atoms with Crippen LogP contribution >= 0.6 is 0 Å². The highest BCUT2D eigenvalue weighted by molar-refractivity contribution is 4.93. The van der Waals surface area contributed by atoms with Crippen LogP contribution in [0.1, 0.15) is 25.7 Å². The minimum absolute atomic E-state index is 0.244. The molecule has 100 valence electrons. The molecule has 0 aromatic heterocycles. The molecule has 1 saturated carbocycles. The fourth-order valence-corrected chi connectivity index (χ4v) is 3.14. The van der Waals surface area contributed by atoms with Crippen molar-refractivity contribution >= 4 is 0 Å². The lowest BCUT2D eigenvalue weighted by Gasteiger charge is -2.32. The van der Waals surface area contributed by atoms with Crippen LogP contribution in [0.2, 0.25) is 0 Å². The topological polar surface area (TPSA) is 23.5 Å². The minimum Gasteiger partial charge on any atom is -0.396 e. The summed E-state index contributed by atoms with van der Waals surface area (Å²) < 4.78 is 36.6. The summed E-state index contributed by atoms with van der Waals surface area (Å²) in [5, 5.41) is 8.83. The van der Waals surface area contributed by atoms with Crippen LogP contribution in [0, 0.1) is 17.8 Å². The third kappa shape index (κ3) is 3.85. The van der Waals surface area contributed by atoms with Crippen LogP contribution in [-0.2, 0) is 0 Å². The van der Waals surface area contributed by atoms with Crippen molar-refractivity contribution in [3.05, 3.63) is 0 Å². The molecule has 2 nitrogen and oxygen atoms in total. The highest BCUT2D eigenvalue weighted by Gasteiger charge is 2.43. The van der Waals surface area contributed by atoms with Gasteiger partial charge in [-0.05, 0) is 56.5 Å². The molecule has 2 aliphatic rings. The lowest BCUT2D eigenvalue weighted by molar-refractivity contribution is -0.148. The number of halogens is 3. The predicted molar refractivity (Wildman–Crippen MR) is 58.5 cm³/mol. The first-order chi connectivity index (χ1) is 7.99. The van der Waals surface area contributed by atoms with E-state index in [-0.39, 0.29) is 6.61 Å². The molecule has 1 unspecified atom stereocenters. The molecule has 2 atom stereocenters. The first kappa shape index (κ1) is 13.1. The maximum atomic E-state index is 12.2. The lowest BCUT2D eigenvalue weighted by atomic mass is 9.90. The van der Waals surface area contributed by atoms with E-state index in [1.54, 1.807) is 0 Å². The Morgan fingerprint density at radius 2 is 1.82 bits per heavy atom. The normalized spacial score (nSPS) is 31.8. The number of hydrogen-bond donors (Lipinski definition) is 1. The molecule has 2 fully saturated rings. The summed E-state index contributed by atoms with van der Waals surface area (Å²) in [5.74, 6) is 1.91. The van der Waals surface area contributed by atoms with Gasteiger partial charge in [0.05, 0.1) is 6.54 Å². The summed E-state index contributed by atoms with van der Waals surface area (Å²) >= 11 is 0. The summed E-state index contributed by atoms with van der Waals surface area (Å²) in [6.45, 7) is 0.636. The molecule has 0 aromatic carbocycles. The molecule has 2 rings (SSSR count). The van der Waals surface area contributed by atoms with E-state index < -0.39 is 12.7 Å². The molecular formula is C12H20F3NO. The van der Waals surface area contributed by atoms with Gasteiger partial charge in [-0.1, -0.05) is 0 Å². The third-order valence-electron chi connectivity index (χ3n) is 4.12. The molecule has 1 heterocycles. The van der Waals surface area contributed by atoms with Crippen molar-refractivity contribution in [3.8, 4) is 0 Å². The van der Waals surface area contributed by atoms with Crippen molar-refractivity contribution in [1.29, 1.82) is 0 Å². The molecule has 0 radical (unpaired) electrons. The highest BCUT2D eigenvalue weighted by Crippen LogP contribution is 2.49. The van der Waals surface area contributed by atoms with Gasteiger partial charge >= 0.3 is 6.18 Å². The number of nitrogens with zero attached hydrogens (tertiary/aromatic N) is 1. The van der Waals surface area contributed by atoms with Gasteiger partial charge in [0.1, 0.15) is 0 Å². The smallest absolute Gasteiger partial charge is 0.396 e. The molecule has 1 N–H and O–H groups in total. The first-order valence-corrected chi connectivity index (χ1v) is 6.39. The van der Waals surface area contributed by atoms with E-state index >= 15 is 0 Å². The van der Waals surface area contributed by atoms with Gasteiger partial charge in [-0.25, -0.2) is 0 Å². The SMILES string of the molecule is OCC[C@@H]1CC1C1CCN(CC(F)(F)F)CC1. The van der Waals surface area contributed by atoms with E-state index in [0.29, 0.717) is 30.8 Å². The van der Waals surface area contributed by atoms with Crippen LogP contribution in [0.3, 0.4) is 0 Å². The number of alkyl halides is 3. The van der Waals surface area contributed by atoms with E-state index in [2.05, 4.69) is 0 Å². The predicted octanol–water partition coefficient (Wildman–Crippen LogP) is 2.28. The number of aliphatic hydroxyl groups is 1. The summed E-state index contributed by atoms with van der Waals surface area (Å²) in [6.07, 6.45) is -0.241. The van der Waals surface area contributed by atoms with E-state index in [9.17, 15) is 13.2 Å². The lowest BCUT2D eigenvalue weighted by Crippen LogP contribution is -2.40. The van der Waals surface area contributed by atoms with Gasteiger partial charge in [0.25, 0.3) is 0 Å². The van der Waals surface area contributed by atoms with E-state index in [0.717, 1.165) is 19.3 Å². The Morgan fingerprint density at radius 1 is 1.18 bits per heavy atom. The Bertz CT molecular complexity index is 249. The van der Waals surface area contributed by atoms with Crippen molar-refractivity contribution in [2.45, 2.75) is 31.9 Å². The second-order valence-electron chi connectivity index (χ2n) is 5.40. The molecule has 0 amide bonds. The van der Waals surface area contributed by atoms with Crippen LogP contribution in [0.4, 0.5) is 13.2 Å². The summed E-state index contributed by atoms with van der Waals surface area (Å²) in [5.41, 5.74) is 0. The number of hydrogen-bond acceptors (Lipinski definition) is 2. The summed E-state index contributed by atoms with van der Waals surface area (Å²) in [6, 6.07) is 0. The van der Waals surface area contributed by atoms with Gasteiger partial charge < -0.3 is 5.11 Å². The Hall–Kier alpha value is -0.290. The van der Waals surface area contributed by atoms with Crippen LogP contribution in [0.15, 0.2) is 0 Å². The molecule has 1 aliphatic heterocycles. The summed E-state index contributed by atoms with van der Waals surface area (Å²) in [4.78, 5) is 1.51. The molecule has 1 aliphatic carbocycles. The zero-order valence-corrected chi connectivity index (χ0v) is 9.92. The fourth-order valence-electron chi connectivity index (χ4n) is 3.14. The highest BCUT2D eigenvalue weighted by atomic mass is 19.4. The van der Waals surface area contributed by atoms with Crippen LogP contribution in [-0.4, -0.2) is 42.4 Å². The Balaban J connectivity index is 1.69. The van der Waals surface area contributed by atoms with Crippen molar-refractivity contribution in [2.24, 2.45) is 17.8 Å². The standard InChI is InChI=1S/C12H20F3NO/c13-12(14,15)8-16-4-1-9(2-5-16)11-7-10(11)3-6-17/h9-11,17H,1-8H2/t10-,11?/m1/s1. The molecular weight excluding hydrogens is 231 g/mol. The fraction of sp³-hybridized carbons (Fsp3) is 1.00. The first-order valence-electron chi connectivity index (χ1n) is 6.39. The van der Waals surface area contributed by atoms with Crippen molar-refractivity contribution < 1.29 is 18.3 Å². The Morgan fingerprint density at radius 3 is 2.35 bits per heavy atom. The van der Waals surface area contributed by atoms with E-state index in [1.807, 2.05) is 0 Å². The Kier molecular flexibility index (Phi) is 3.98. The average Bonchev–Trinajstić information content (AvgIpc) is 2.96. The van der Waals surface area contributed by atoms with Gasteiger partial charge in [-0.15, -0.1) is 0 Å². The molecule has 0 spiro atoms. The van der Waals surface area contributed by atoms with Crippen molar-refractivity contribution in [1.82, 2.24) is 4.90 Å². The second-order valence-corrected chi connectivity index (χ2v) is 5.40. The van der Waals surface area contributed by atoms with Crippen molar-refractivity contribution in [2.75, 3.05) is 26.2 Å². The zero-order chi connectivity index (χ0) is 12.5. The summed E-state index contributed by atoms with van der Waals surface area (Å²) in [7, 11) is 0. The zero-order valence-electron chi connectivity index (χ0n) is 9.92. The van der Waals surface area contributed by atoms with Gasteiger partial charge in [-0.3, -0.25) is 4.90 Å². The molecule has 1 saturated heterocycles. The number of rotatable bonds is 4. The number of likely N-dealkylation sites (tertiary alicyclic amines) is 1. The Labute approximate surface area is 99.8 Å². The maximum absolute atomic E-state index is 12.2. The van der Waals surface area contributed by atoms with Crippen molar-refractivity contribution in [3.63, 3.8) is 0 Å².